The first-order valence-electron chi connectivity index (χ1n) is 8.80. The summed E-state index contributed by atoms with van der Waals surface area (Å²) in [5, 5.41) is 0. The summed E-state index contributed by atoms with van der Waals surface area (Å²) in [4.78, 5) is 18.1. The fraction of sp³-hybridized carbons (Fsp3) is 0.647. The van der Waals surface area contributed by atoms with Gasteiger partial charge in [0.15, 0.2) is 5.85 Å². The molecule has 0 aliphatic heterocycles. The van der Waals surface area contributed by atoms with Crippen LogP contribution in [0.5, 0.6) is 0 Å². The molecule has 0 radical (unpaired) electrons. The predicted molar refractivity (Wildman–Crippen MR) is 98.9 cm³/mol. The van der Waals surface area contributed by atoms with Gasteiger partial charge < -0.3 is 9.79 Å². The van der Waals surface area contributed by atoms with Gasteiger partial charge in [-0.05, 0) is 24.8 Å². The van der Waals surface area contributed by atoms with E-state index in [4.69, 9.17) is 9.79 Å². The number of hydrogen-bond acceptors (Lipinski definition) is 4. The Morgan fingerprint density at radius 2 is 1.40 bits per heavy atom. The third kappa shape index (κ3) is 11.5. The summed E-state index contributed by atoms with van der Waals surface area (Å²) < 4.78 is 36.4. The number of aryl methyl sites for hydroxylation is 1. The van der Waals surface area contributed by atoms with E-state index < -0.39 is 24.4 Å². The monoisotopic (exact) mass is 392 g/mol. The second-order valence-corrected chi connectivity index (χ2v) is 8.64. The van der Waals surface area contributed by atoms with Gasteiger partial charge in [0, 0.05) is 0 Å². The van der Waals surface area contributed by atoms with Crippen LogP contribution < -0.4 is 0 Å². The molecule has 0 bridgehead atoms. The highest BCUT2D eigenvalue weighted by Gasteiger charge is 2.30. The van der Waals surface area contributed by atoms with Gasteiger partial charge >= 0.3 is 7.60 Å². The van der Waals surface area contributed by atoms with Crippen LogP contribution in [0.2, 0.25) is 0 Å². The molecular weight excluding hydrogens is 363 g/mol. The van der Waals surface area contributed by atoms with Crippen LogP contribution in [0.25, 0.3) is 0 Å². The van der Waals surface area contributed by atoms with Crippen molar-refractivity contribution in [2.45, 2.75) is 70.1 Å². The minimum Gasteiger partial charge on any atom is -0.323 e. The summed E-state index contributed by atoms with van der Waals surface area (Å²) in [6.45, 7) is 0. The Bertz CT molecular complexity index is 576. The van der Waals surface area contributed by atoms with Gasteiger partial charge in [-0.25, -0.2) is 8.42 Å². The highest BCUT2D eigenvalue weighted by Crippen LogP contribution is 2.44. The summed E-state index contributed by atoms with van der Waals surface area (Å²) in [7, 11) is -7.78. The second kappa shape index (κ2) is 12.6. The smallest absolute Gasteiger partial charge is 0.323 e. The van der Waals surface area contributed by atoms with Gasteiger partial charge in [0.1, 0.15) is 0 Å². The molecule has 1 rings (SSSR count). The Hall–Kier alpha value is -0.720. The lowest BCUT2D eigenvalue weighted by Crippen LogP contribution is -2.12. The topological polar surface area (TPSA) is 101 Å². The zero-order valence-electron chi connectivity index (χ0n) is 14.5. The molecule has 0 aromatic heterocycles. The molecular formula is C17H29O6PS. The molecule has 0 fully saturated rings. The van der Waals surface area contributed by atoms with E-state index in [0.717, 1.165) is 32.1 Å². The quantitative estimate of drug-likeness (QED) is 0.253. The molecule has 8 heteroatoms. The largest absolute Gasteiger partial charge is 0.355 e. The molecule has 0 spiro atoms. The van der Waals surface area contributed by atoms with E-state index in [-0.39, 0.29) is 6.42 Å². The second-order valence-electron chi connectivity index (χ2n) is 6.23. The van der Waals surface area contributed by atoms with Gasteiger partial charge in [0.2, 0.25) is 0 Å². The van der Waals surface area contributed by atoms with Crippen LogP contribution in [0.1, 0.15) is 63.4 Å². The third-order valence-corrected chi connectivity index (χ3v) is 5.80. The Morgan fingerprint density at radius 1 is 0.880 bits per heavy atom. The maximum absolute atomic E-state index is 11.1. The highest BCUT2D eigenvalue weighted by atomic mass is 32.2. The summed E-state index contributed by atoms with van der Waals surface area (Å²) in [5.41, 5.74) is 1.38. The van der Waals surface area contributed by atoms with E-state index in [1.165, 1.54) is 24.8 Å². The molecule has 0 amide bonds. The highest BCUT2D eigenvalue weighted by molar-refractivity contribution is 7.67. The number of thiol groups is 1. The molecule has 1 atom stereocenters. The van der Waals surface area contributed by atoms with Crippen LogP contribution in [-0.2, 0) is 26.2 Å². The standard InChI is InChI=1S/C17H29O6PS/c18-24(19,20)17(23-25(21)22)15-11-6-4-2-1-3-5-8-12-16-13-9-7-10-14-16/h7,9-10,13-14,17,25H,1-6,8,11-12,15H2,(H2,18,19,20). The first-order chi connectivity index (χ1) is 11.9. The molecule has 1 aromatic carbocycles. The molecule has 2 N–H and O–H groups in total. The summed E-state index contributed by atoms with van der Waals surface area (Å²) in [6, 6.07) is 10.5. The molecule has 1 unspecified atom stereocenters. The van der Waals surface area contributed by atoms with Gasteiger partial charge in [0.25, 0.3) is 11.0 Å². The first kappa shape index (κ1) is 22.3. The zero-order chi connectivity index (χ0) is 18.5. The van der Waals surface area contributed by atoms with E-state index >= 15 is 0 Å². The van der Waals surface area contributed by atoms with Gasteiger partial charge in [0.05, 0.1) is 0 Å². The van der Waals surface area contributed by atoms with Crippen LogP contribution in [-0.4, -0.2) is 24.0 Å². The molecule has 6 nitrogen and oxygen atoms in total. The molecule has 1 aromatic rings. The summed E-state index contributed by atoms with van der Waals surface area (Å²) in [5.74, 6) is -1.54. The molecule has 0 aliphatic rings. The fourth-order valence-electron chi connectivity index (χ4n) is 2.74. The van der Waals surface area contributed by atoms with Crippen molar-refractivity contribution in [2.75, 3.05) is 0 Å². The Labute approximate surface area is 151 Å². The van der Waals surface area contributed by atoms with E-state index in [1.807, 2.05) is 6.07 Å². The molecule has 0 saturated heterocycles. The third-order valence-electron chi connectivity index (χ3n) is 4.09. The van der Waals surface area contributed by atoms with Crippen molar-refractivity contribution in [1.29, 1.82) is 0 Å². The van der Waals surface area contributed by atoms with E-state index in [1.54, 1.807) is 0 Å². The van der Waals surface area contributed by atoms with Crippen molar-refractivity contribution in [3.05, 3.63) is 35.9 Å². The van der Waals surface area contributed by atoms with Gasteiger partial charge in [-0.1, -0.05) is 75.3 Å². The van der Waals surface area contributed by atoms with Crippen molar-refractivity contribution in [3.63, 3.8) is 0 Å². The predicted octanol–water partition coefficient (Wildman–Crippen LogP) is 3.79. The van der Waals surface area contributed by atoms with Crippen molar-refractivity contribution >= 4 is 18.6 Å². The minimum absolute atomic E-state index is 0.0602. The Morgan fingerprint density at radius 3 is 1.92 bits per heavy atom. The van der Waals surface area contributed by atoms with Crippen LogP contribution in [0, 0.1) is 0 Å². The Kier molecular flexibility index (Phi) is 11.3. The van der Waals surface area contributed by atoms with Gasteiger partial charge in [-0.15, -0.1) is 0 Å². The van der Waals surface area contributed by atoms with E-state index in [0.29, 0.717) is 6.42 Å². The minimum atomic E-state index is -4.54. The van der Waals surface area contributed by atoms with Crippen LogP contribution in [0.4, 0.5) is 0 Å². The van der Waals surface area contributed by atoms with Gasteiger partial charge in [-0.2, -0.15) is 0 Å². The van der Waals surface area contributed by atoms with Crippen molar-refractivity contribution in [1.82, 2.24) is 0 Å². The number of rotatable bonds is 14. The van der Waals surface area contributed by atoms with Crippen LogP contribution in [0.3, 0.4) is 0 Å². The summed E-state index contributed by atoms with van der Waals surface area (Å²) in [6.07, 6.45) is 9.36. The van der Waals surface area contributed by atoms with E-state index in [2.05, 4.69) is 28.4 Å². The average molecular weight is 392 g/mol. The number of hydrogen-bond donors (Lipinski definition) is 3. The van der Waals surface area contributed by atoms with Crippen molar-refractivity contribution in [2.24, 2.45) is 0 Å². The lowest BCUT2D eigenvalue weighted by Gasteiger charge is -2.15. The van der Waals surface area contributed by atoms with Crippen LogP contribution in [0.15, 0.2) is 30.3 Å². The summed E-state index contributed by atoms with van der Waals surface area (Å²) >= 11 is 0. The lowest BCUT2D eigenvalue weighted by molar-refractivity contribution is 0.223. The maximum Gasteiger partial charge on any atom is 0.355 e. The zero-order valence-corrected chi connectivity index (χ0v) is 16.2. The molecule has 0 aliphatic carbocycles. The Balaban J connectivity index is 2.00. The number of benzene rings is 1. The molecule has 0 saturated carbocycles. The first-order valence-corrected chi connectivity index (χ1v) is 11.6. The normalized spacial score (nSPS) is 13.2. The lowest BCUT2D eigenvalue weighted by atomic mass is 10.0. The molecule has 0 heterocycles. The van der Waals surface area contributed by atoms with Crippen LogP contribution >= 0.6 is 7.60 Å². The SMILES string of the molecule is O=[SH](=O)OC(CCCCCCCCCCc1ccccc1)P(=O)(O)O. The van der Waals surface area contributed by atoms with Gasteiger partial charge in [-0.3, -0.25) is 8.75 Å². The average Bonchev–Trinajstić information content (AvgIpc) is 2.55. The fourth-order valence-corrected chi connectivity index (χ4v) is 4.28. The van der Waals surface area contributed by atoms with Crippen molar-refractivity contribution < 1.29 is 27.0 Å². The molecule has 25 heavy (non-hydrogen) atoms. The maximum atomic E-state index is 11.1. The number of unbranched alkanes of at least 4 members (excludes halogenated alkanes) is 7. The van der Waals surface area contributed by atoms with E-state index in [9.17, 15) is 13.0 Å². The van der Waals surface area contributed by atoms with Crippen molar-refractivity contribution in [3.8, 4) is 0 Å². The molecule has 144 valence electrons.